The fourth-order valence-corrected chi connectivity index (χ4v) is 4.81. The van der Waals surface area contributed by atoms with Gasteiger partial charge in [-0.2, -0.15) is 0 Å². The molecule has 0 spiro atoms. The minimum atomic E-state index is -1.09. The molecule has 2 aromatic heterocycles. The van der Waals surface area contributed by atoms with Crippen LogP contribution in [0.15, 0.2) is 48.3 Å². The summed E-state index contributed by atoms with van der Waals surface area (Å²) in [4.78, 5) is 20.8. The second-order valence-corrected chi connectivity index (χ2v) is 9.11. The van der Waals surface area contributed by atoms with Crippen LogP contribution in [-0.2, 0) is 11.3 Å². The Labute approximate surface area is 194 Å². The molecule has 1 unspecified atom stereocenters. The molecule has 1 saturated heterocycles. The molecule has 0 radical (unpaired) electrons. The molecule has 2 N–H and O–H groups in total. The number of nitrogens with zero attached hydrogens (tertiary/aromatic N) is 4. The molecule has 0 saturated carbocycles. The Morgan fingerprint density at radius 1 is 1.24 bits per heavy atom. The maximum absolute atomic E-state index is 14.8. The summed E-state index contributed by atoms with van der Waals surface area (Å²) in [6.45, 7) is 8.62. The van der Waals surface area contributed by atoms with Gasteiger partial charge in [0.15, 0.2) is 0 Å². The smallest absolute Gasteiger partial charge is 0.274 e. The quantitative estimate of drug-likeness (QED) is 0.469. The molecular formula is C25H34FN5O2. The van der Waals surface area contributed by atoms with Gasteiger partial charge in [0, 0.05) is 68.3 Å². The van der Waals surface area contributed by atoms with E-state index in [1.54, 1.807) is 11.6 Å². The SMILES string of the molecule is CCC(F)(CC)CN1CCN(c2ccnc3c2ccn3CC2C=CC(C(=O)NO)=CC2)CC1. The zero-order valence-corrected chi connectivity index (χ0v) is 19.5. The number of piperazine rings is 1. The van der Waals surface area contributed by atoms with E-state index in [2.05, 4.69) is 37.7 Å². The number of alkyl halides is 1. The second kappa shape index (κ2) is 10.1. The van der Waals surface area contributed by atoms with Gasteiger partial charge in [0.25, 0.3) is 5.91 Å². The average molecular weight is 456 g/mol. The first-order valence-corrected chi connectivity index (χ1v) is 11.9. The number of hydroxylamine groups is 1. The molecule has 2 aliphatic rings. The molecule has 1 atom stereocenters. The summed E-state index contributed by atoms with van der Waals surface area (Å²) >= 11 is 0. The van der Waals surface area contributed by atoms with E-state index in [0.717, 1.165) is 50.2 Å². The number of allylic oxidation sites excluding steroid dienone is 2. The number of hydrogen-bond donors (Lipinski definition) is 2. The highest BCUT2D eigenvalue weighted by Crippen LogP contribution is 2.29. The fourth-order valence-electron chi connectivity index (χ4n) is 4.81. The largest absolute Gasteiger partial charge is 0.368 e. The van der Waals surface area contributed by atoms with Gasteiger partial charge < -0.3 is 9.47 Å². The minimum Gasteiger partial charge on any atom is -0.368 e. The van der Waals surface area contributed by atoms with Gasteiger partial charge in [-0.05, 0) is 37.3 Å². The van der Waals surface area contributed by atoms with Crippen molar-refractivity contribution in [2.45, 2.75) is 45.3 Å². The molecule has 1 fully saturated rings. The molecule has 33 heavy (non-hydrogen) atoms. The van der Waals surface area contributed by atoms with Crippen molar-refractivity contribution in [1.29, 1.82) is 0 Å². The summed E-state index contributed by atoms with van der Waals surface area (Å²) in [5.74, 6) is -0.230. The number of carbonyl (C=O) groups is 1. The molecule has 0 bridgehead atoms. The molecule has 8 heteroatoms. The summed E-state index contributed by atoms with van der Waals surface area (Å²) in [5.41, 5.74) is 3.20. The summed E-state index contributed by atoms with van der Waals surface area (Å²) in [5, 5.41) is 9.92. The number of rotatable bonds is 8. The summed E-state index contributed by atoms with van der Waals surface area (Å²) in [6, 6.07) is 4.20. The van der Waals surface area contributed by atoms with Crippen molar-refractivity contribution in [3.05, 3.63) is 48.3 Å². The molecule has 178 valence electrons. The zero-order valence-electron chi connectivity index (χ0n) is 19.5. The number of amides is 1. The van der Waals surface area contributed by atoms with Gasteiger partial charge >= 0.3 is 0 Å². The Hall–Kier alpha value is -2.71. The van der Waals surface area contributed by atoms with Crippen molar-refractivity contribution in [2.24, 2.45) is 5.92 Å². The number of pyridine rings is 1. The van der Waals surface area contributed by atoms with Crippen LogP contribution < -0.4 is 10.4 Å². The average Bonchev–Trinajstić information content (AvgIpc) is 3.27. The molecule has 1 aliphatic heterocycles. The van der Waals surface area contributed by atoms with Crippen molar-refractivity contribution in [1.82, 2.24) is 19.9 Å². The van der Waals surface area contributed by atoms with Gasteiger partial charge in [-0.3, -0.25) is 14.9 Å². The third kappa shape index (κ3) is 5.12. The first-order valence-electron chi connectivity index (χ1n) is 11.9. The van der Waals surface area contributed by atoms with E-state index in [4.69, 9.17) is 5.21 Å². The third-order valence-electron chi connectivity index (χ3n) is 7.11. The van der Waals surface area contributed by atoms with Gasteiger partial charge in [-0.25, -0.2) is 14.9 Å². The Balaban J connectivity index is 1.42. The highest BCUT2D eigenvalue weighted by atomic mass is 19.1. The number of aromatic nitrogens is 2. The van der Waals surface area contributed by atoms with E-state index in [1.165, 1.54) is 5.69 Å². The van der Waals surface area contributed by atoms with Crippen LogP contribution in [0.5, 0.6) is 0 Å². The number of hydrogen-bond acceptors (Lipinski definition) is 5. The highest BCUT2D eigenvalue weighted by molar-refractivity contribution is 5.95. The number of nitrogens with one attached hydrogen (secondary N) is 1. The summed E-state index contributed by atoms with van der Waals surface area (Å²) in [7, 11) is 0. The first kappa shape index (κ1) is 23.4. The van der Waals surface area contributed by atoms with Gasteiger partial charge in [-0.1, -0.05) is 32.1 Å². The summed E-state index contributed by atoms with van der Waals surface area (Å²) in [6.07, 6.45) is 11.4. The van der Waals surface area contributed by atoms with Crippen LogP contribution in [-0.4, -0.2) is 64.0 Å². The van der Waals surface area contributed by atoms with Gasteiger partial charge in [0.1, 0.15) is 11.3 Å². The zero-order chi connectivity index (χ0) is 23.4. The van der Waals surface area contributed by atoms with Crippen LogP contribution in [0, 0.1) is 5.92 Å². The Kier molecular flexibility index (Phi) is 7.14. The fraction of sp³-hybridized carbons (Fsp3) is 0.520. The van der Waals surface area contributed by atoms with Crippen molar-refractivity contribution in [3.8, 4) is 0 Å². The predicted octanol–water partition coefficient (Wildman–Crippen LogP) is 3.69. The monoisotopic (exact) mass is 455 g/mol. The molecule has 3 heterocycles. The molecule has 1 aliphatic carbocycles. The van der Waals surface area contributed by atoms with Crippen LogP contribution in [0.4, 0.5) is 10.1 Å². The van der Waals surface area contributed by atoms with Crippen LogP contribution in [0.2, 0.25) is 0 Å². The number of halogens is 1. The van der Waals surface area contributed by atoms with Gasteiger partial charge in [-0.15, -0.1) is 0 Å². The molecule has 2 aromatic rings. The van der Waals surface area contributed by atoms with Crippen molar-refractivity contribution in [2.75, 3.05) is 37.6 Å². The highest BCUT2D eigenvalue weighted by Gasteiger charge is 2.30. The summed E-state index contributed by atoms with van der Waals surface area (Å²) < 4.78 is 17.0. The van der Waals surface area contributed by atoms with E-state index < -0.39 is 11.6 Å². The Morgan fingerprint density at radius 3 is 2.64 bits per heavy atom. The Bertz CT molecular complexity index is 1030. The van der Waals surface area contributed by atoms with Crippen molar-refractivity contribution >= 4 is 22.6 Å². The Morgan fingerprint density at radius 2 is 2.00 bits per heavy atom. The molecule has 4 rings (SSSR count). The number of anilines is 1. The van der Waals surface area contributed by atoms with Crippen LogP contribution >= 0.6 is 0 Å². The second-order valence-electron chi connectivity index (χ2n) is 9.11. The lowest BCUT2D eigenvalue weighted by Crippen LogP contribution is -2.50. The maximum Gasteiger partial charge on any atom is 0.274 e. The van der Waals surface area contributed by atoms with Gasteiger partial charge in [0.05, 0.1) is 0 Å². The lowest BCUT2D eigenvalue weighted by molar-refractivity contribution is -0.124. The number of carbonyl (C=O) groups excluding carboxylic acids is 1. The van der Waals surface area contributed by atoms with E-state index >= 15 is 0 Å². The first-order chi connectivity index (χ1) is 16.0. The molecule has 0 aromatic carbocycles. The molecule has 7 nitrogen and oxygen atoms in total. The van der Waals surface area contributed by atoms with Crippen molar-refractivity contribution in [3.63, 3.8) is 0 Å². The third-order valence-corrected chi connectivity index (χ3v) is 7.11. The van der Waals surface area contributed by atoms with Crippen LogP contribution in [0.3, 0.4) is 0 Å². The lowest BCUT2D eigenvalue weighted by atomic mass is 9.96. The van der Waals surface area contributed by atoms with Crippen LogP contribution in [0.1, 0.15) is 33.1 Å². The van der Waals surface area contributed by atoms with Crippen LogP contribution in [0.25, 0.3) is 11.0 Å². The van der Waals surface area contributed by atoms with E-state index in [1.807, 2.05) is 32.2 Å². The van der Waals surface area contributed by atoms with E-state index in [0.29, 0.717) is 25.0 Å². The van der Waals surface area contributed by atoms with E-state index in [9.17, 15) is 9.18 Å². The molecule has 1 amide bonds. The number of fused-ring (bicyclic) bond motifs is 1. The molecular weight excluding hydrogens is 421 g/mol. The lowest BCUT2D eigenvalue weighted by Gasteiger charge is -2.39. The predicted molar refractivity (Wildman–Crippen MR) is 128 cm³/mol. The standard InChI is InChI=1S/C25H34FN5O2/c1-3-25(26,4-2)18-29-13-15-30(16-14-29)22-9-11-27-23-21(22)10-12-31(23)17-19-5-7-20(8-6-19)24(32)28-33/h5,7-12,19,33H,3-4,6,13-18H2,1-2H3,(H,28,32). The minimum absolute atomic E-state index is 0.253. The topological polar surface area (TPSA) is 73.6 Å². The van der Waals surface area contributed by atoms with Crippen molar-refractivity contribution < 1.29 is 14.4 Å². The normalized spacial score (nSPS) is 19.7. The van der Waals surface area contributed by atoms with Gasteiger partial charge in [0.2, 0.25) is 0 Å². The maximum atomic E-state index is 14.8. The van der Waals surface area contributed by atoms with E-state index in [-0.39, 0.29) is 5.92 Å².